The van der Waals surface area contributed by atoms with Gasteiger partial charge >= 0.3 is 0 Å². The van der Waals surface area contributed by atoms with Crippen LogP contribution in [0.3, 0.4) is 0 Å². The number of hydrogen-bond acceptors (Lipinski definition) is 0. The van der Waals surface area contributed by atoms with Crippen molar-refractivity contribution in [3.05, 3.63) is 5.92 Å². The van der Waals surface area contributed by atoms with Crippen LogP contribution in [0, 0.1) is 11.3 Å². The standard InChI is InChI=1S/C8H15/c1-7-5-4-6-8(7,2)3/h4-6H2,1-3H3/q+1. The molecule has 1 aliphatic carbocycles. The lowest BCUT2D eigenvalue weighted by Gasteiger charge is -2.11. The summed E-state index contributed by atoms with van der Waals surface area (Å²) in [6.45, 7) is 6.97. The third-order valence-corrected chi connectivity index (χ3v) is 2.51. The fourth-order valence-corrected chi connectivity index (χ4v) is 1.35. The summed E-state index contributed by atoms with van der Waals surface area (Å²) in [4.78, 5) is 0. The van der Waals surface area contributed by atoms with Gasteiger partial charge in [0.25, 0.3) is 0 Å². The predicted molar refractivity (Wildman–Crippen MR) is 36.5 cm³/mol. The van der Waals surface area contributed by atoms with E-state index in [-0.39, 0.29) is 0 Å². The molecule has 0 spiro atoms. The lowest BCUT2D eigenvalue weighted by Crippen LogP contribution is -2.11. The fourth-order valence-electron chi connectivity index (χ4n) is 1.35. The van der Waals surface area contributed by atoms with Gasteiger partial charge in [-0.2, -0.15) is 0 Å². The van der Waals surface area contributed by atoms with E-state index in [0.29, 0.717) is 5.41 Å². The second-order valence-electron chi connectivity index (χ2n) is 3.52. The Morgan fingerprint density at radius 1 is 1.38 bits per heavy atom. The molecule has 1 rings (SSSR count). The highest BCUT2D eigenvalue weighted by Gasteiger charge is 2.40. The highest BCUT2D eigenvalue weighted by atomic mass is 14.4. The largest absolute Gasteiger partial charge is 0.105 e. The van der Waals surface area contributed by atoms with Crippen molar-refractivity contribution in [3.8, 4) is 0 Å². The molecule has 1 aliphatic rings. The summed E-state index contributed by atoms with van der Waals surface area (Å²) in [5.74, 6) is 1.69. The van der Waals surface area contributed by atoms with Gasteiger partial charge in [-0.1, -0.05) is 0 Å². The Labute approximate surface area is 52.3 Å². The lowest BCUT2D eigenvalue weighted by atomic mass is 9.83. The molecule has 0 aliphatic heterocycles. The molecule has 1 saturated carbocycles. The highest BCUT2D eigenvalue weighted by molar-refractivity contribution is 5.03. The molecular formula is C8H15+. The van der Waals surface area contributed by atoms with Crippen molar-refractivity contribution in [3.63, 3.8) is 0 Å². The monoisotopic (exact) mass is 111 g/mol. The number of hydrogen-bond donors (Lipinski definition) is 0. The molecule has 0 nitrogen and oxygen atoms in total. The summed E-state index contributed by atoms with van der Waals surface area (Å²) in [5.41, 5.74) is 0.569. The van der Waals surface area contributed by atoms with E-state index in [1.165, 1.54) is 19.3 Å². The van der Waals surface area contributed by atoms with Crippen LogP contribution in [0.1, 0.15) is 40.0 Å². The summed E-state index contributed by atoms with van der Waals surface area (Å²) in [6, 6.07) is 0. The van der Waals surface area contributed by atoms with Crippen molar-refractivity contribution in [2.45, 2.75) is 40.0 Å². The fraction of sp³-hybridized carbons (Fsp3) is 0.875. The van der Waals surface area contributed by atoms with E-state index in [1.54, 1.807) is 5.92 Å². The van der Waals surface area contributed by atoms with Gasteiger partial charge in [-0.05, 0) is 26.7 Å². The zero-order valence-corrected chi connectivity index (χ0v) is 6.12. The third-order valence-electron chi connectivity index (χ3n) is 2.51. The van der Waals surface area contributed by atoms with E-state index in [2.05, 4.69) is 20.8 Å². The average molecular weight is 111 g/mol. The molecule has 46 valence electrons. The molecule has 0 N–H and O–H groups in total. The molecule has 0 amide bonds. The van der Waals surface area contributed by atoms with Crippen molar-refractivity contribution in [1.82, 2.24) is 0 Å². The topological polar surface area (TPSA) is 0 Å². The Kier molecular flexibility index (Phi) is 1.26. The molecule has 1 fully saturated rings. The zero-order chi connectivity index (χ0) is 6.20. The van der Waals surface area contributed by atoms with Crippen LogP contribution in [0.5, 0.6) is 0 Å². The van der Waals surface area contributed by atoms with Gasteiger partial charge < -0.3 is 0 Å². The minimum atomic E-state index is 0.569. The van der Waals surface area contributed by atoms with Gasteiger partial charge in [0.1, 0.15) is 5.41 Å². The van der Waals surface area contributed by atoms with E-state index in [0.717, 1.165) is 0 Å². The van der Waals surface area contributed by atoms with Gasteiger partial charge in [-0.25, -0.2) is 0 Å². The molecule has 0 aromatic heterocycles. The highest BCUT2D eigenvalue weighted by Crippen LogP contribution is 2.43. The van der Waals surface area contributed by atoms with Crippen LogP contribution in [-0.4, -0.2) is 0 Å². The van der Waals surface area contributed by atoms with Crippen LogP contribution < -0.4 is 0 Å². The Morgan fingerprint density at radius 3 is 2.12 bits per heavy atom. The Morgan fingerprint density at radius 2 is 2.00 bits per heavy atom. The molecule has 0 heteroatoms. The van der Waals surface area contributed by atoms with Gasteiger partial charge in [-0.3, -0.25) is 0 Å². The first-order valence-electron chi connectivity index (χ1n) is 3.46. The van der Waals surface area contributed by atoms with Crippen LogP contribution in [0.2, 0.25) is 0 Å². The van der Waals surface area contributed by atoms with Crippen molar-refractivity contribution in [1.29, 1.82) is 0 Å². The summed E-state index contributed by atoms with van der Waals surface area (Å²) in [5, 5.41) is 0. The maximum absolute atomic E-state index is 2.34. The molecule has 0 aromatic rings. The molecular weight excluding hydrogens is 96.1 g/mol. The lowest BCUT2D eigenvalue weighted by molar-refractivity contribution is 0.415. The first kappa shape index (κ1) is 6.00. The van der Waals surface area contributed by atoms with Gasteiger partial charge in [0.2, 0.25) is 0 Å². The number of rotatable bonds is 0. The van der Waals surface area contributed by atoms with Crippen LogP contribution in [0.4, 0.5) is 0 Å². The van der Waals surface area contributed by atoms with Gasteiger partial charge in [-0.15, -0.1) is 0 Å². The minimum Gasteiger partial charge on any atom is -0.0188 e. The summed E-state index contributed by atoms with van der Waals surface area (Å²) in [7, 11) is 0. The van der Waals surface area contributed by atoms with Crippen molar-refractivity contribution < 1.29 is 0 Å². The SMILES string of the molecule is C[C+]1CCCC1(C)C. The second-order valence-corrected chi connectivity index (χ2v) is 3.52. The first-order valence-corrected chi connectivity index (χ1v) is 3.46. The molecule has 0 bridgehead atoms. The summed E-state index contributed by atoms with van der Waals surface area (Å²) >= 11 is 0. The Balaban J connectivity index is 2.54. The van der Waals surface area contributed by atoms with E-state index < -0.39 is 0 Å². The van der Waals surface area contributed by atoms with Crippen molar-refractivity contribution in [2.75, 3.05) is 0 Å². The van der Waals surface area contributed by atoms with E-state index in [1.807, 2.05) is 0 Å². The molecule has 0 radical (unpaired) electrons. The normalized spacial score (nSPS) is 26.6. The zero-order valence-electron chi connectivity index (χ0n) is 6.12. The summed E-state index contributed by atoms with van der Waals surface area (Å²) < 4.78 is 0. The average Bonchev–Trinajstić information content (AvgIpc) is 1.86. The smallest absolute Gasteiger partial charge is 0.0188 e. The molecule has 0 unspecified atom stereocenters. The molecule has 0 aromatic carbocycles. The Hall–Kier alpha value is -0.130. The van der Waals surface area contributed by atoms with E-state index >= 15 is 0 Å². The molecule has 0 atom stereocenters. The van der Waals surface area contributed by atoms with E-state index in [9.17, 15) is 0 Å². The van der Waals surface area contributed by atoms with Gasteiger partial charge in [0, 0.05) is 0 Å². The maximum atomic E-state index is 2.34. The quantitative estimate of drug-likeness (QED) is 0.422. The van der Waals surface area contributed by atoms with Gasteiger partial charge in [0.05, 0.1) is 19.3 Å². The molecule has 8 heavy (non-hydrogen) atoms. The van der Waals surface area contributed by atoms with Crippen molar-refractivity contribution in [2.24, 2.45) is 5.41 Å². The van der Waals surface area contributed by atoms with Crippen LogP contribution in [0.15, 0.2) is 0 Å². The second kappa shape index (κ2) is 1.68. The third kappa shape index (κ3) is 0.841. The predicted octanol–water partition coefficient (Wildman–Crippen LogP) is 2.79. The first-order chi connectivity index (χ1) is 3.63. The Bertz CT molecular complexity index is 82.0. The van der Waals surface area contributed by atoms with Crippen LogP contribution >= 0.6 is 0 Å². The van der Waals surface area contributed by atoms with Crippen molar-refractivity contribution >= 4 is 0 Å². The van der Waals surface area contributed by atoms with Gasteiger partial charge in [0.15, 0.2) is 0 Å². The van der Waals surface area contributed by atoms with E-state index in [4.69, 9.17) is 0 Å². The molecule has 0 saturated heterocycles. The van der Waals surface area contributed by atoms with Crippen LogP contribution in [-0.2, 0) is 0 Å². The van der Waals surface area contributed by atoms with Crippen LogP contribution in [0.25, 0.3) is 0 Å². The maximum Gasteiger partial charge on any atom is 0.105 e. The molecule has 0 heterocycles. The summed E-state index contributed by atoms with van der Waals surface area (Å²) in [6.07, 6.45) is 4.19. The minimum absolute atomic E-state index is 0.569.